The van der Waals surface area contributed by atoms with Gasteiger partial charge in [0, 0.05) is 17.3 Å². The number of carbonyl (C=O) groups excluding carboxylic acids is 2. The summed E-state index contributed by atoms with van der Waals surface area (Å²) in [4.78, 5) is 22.2. The number of benzene rings is 1. The van der Waals surface area contributed by atoms with E-state index in [2.05, 4.69) is 26.5 Å². The van der Waals surface area contributed by atoms with Crippen molar-refractivity contribution in [1.82, 2.24) is 10.9 Å². The summed E-state index contributed by atoms with van der Waals surface area (Å²) in [7, 11) is 0. The molecular weight excluding hydrogens is 338 g/mol. The van der Waals surface area contributed by atoms with Gasteiger partial charge in [0.1, 0.15) is 0 Å². The predicted molar refractivity (Wildman–Crippen MR) is 82.9 cm³/mol. The first-order valence-corrected chi connectivity index (χ1v) is 7.41. The number of unbranched alkanes of at least 4 members (excludes halogenated alkanes) is 2. The molecule has 0 aliphatic heterocycles. The van der Waals surface area contributed by atoms with E-state index in [9.17, 15) is 9.59 Å². The molecular formula is C14H18BrN3O3. The third-order valence-electron chi connectivity index (χ3n) is 2.68. The monoisotopic (exact) mass is 355 g/mol. The van der Waals surface area contributed by atoms with E-state index in [-0.39, 0.29) is 12.3 Å². The fourth-order valence-corrected chi connectivity index (χ4v) is 2.04. The molecule has 0 fully saturated rings. The zero-order valence-electron chi connectivity index (χ0n) is 11.5. The van der Waals surface area contributed by atoms with Crippen LogP contribution in [0.2, 0.25) is 0 Å². The standard InChI is InChI=1S/C14H18BrN3O3/c15-12-6-4-5-11(9-12)10-16-17-13(19)7-2-1-3-8-14(20)18-21/h4-6,9-10,21H,1-3,7-8H2,(H,17,19)(H,18,20)/b16-10+. The largest absolute Gasteiger partial charge is 0.289 e. The molecule has 1 aromatic rings. The van der Waals surface area contributed by atoms with Crippen LogP contribution in [0.4, 0.5) is 0 Å². The van der Waals surface area contributed by atoms with Crippen LogP contribution in [0.1, 0.15) is 37.7 Å². The smallest absolute Gasteiger partial charge is 0.243 e. The van der Waals surface area contributed by atoms with Crippen molar-refractivity contribution >= 4 is 34.0 Å². The van der Waals surface area contributed by atoms with E-state index in [0.29, 0.717) is 19.3 Å². The fourth-order valence-electron chi connectivity index (χ4n) is 1.63. The minimum Gasteiger partial charge on any atom is -0.289 e. The van der Waals surface area contributed by atoms with E-state index >= 15 is 0 Å². The number of hydrogen-bond acceptors (Lipinski definition) is 4. The van der Waals surface area contributed by atoms with Crippen molar-refractivity contribution < 1.29 is 14.8 Å². The van der Waals surface area contributed by atoms with Gasteiger partial charge in [0.2, 0.25) is 11.8 Å². The van der Waals surface area contributed by atoms with Crippen LogP contribution in [-0.4, -0.2) is 23.2 Å². The van der Waals surface area contributed by atoms with Crippen LogP contribution in [0.5, 0.6) is 0 Å². The van der Waals surface area contributed by atoms with Gasteiger partial charge < -0.3 is 0 Å². The highest BCUT2D eigenvalue weighted by Gasteiger charge is 2.01. The molecule has 3 N–H and O–H groups in total. The van der Waals surface area contributed by atoms with Gasteiger partial charge in [0.15, 0.2) is 0 Å². The molecule has 0 heterocycles. The number of hydrogen-bond donors (Lipinski definition) is 3. The number of nitrogens with one attached hydrogen (secondary N) is 2. The van der Waals surface area contributed by atoms with Crippen molar-refractivity contribution in [2.75, 3.05) is 0 Å². The minimum atomic E-state index is -0.405. The van der Waals surface area contributed by atoms with Crippen molar-refractivity contribution in [2.24, 2.45) is 5.10 Å². The van der Waals surface area contributed by atoms with Gasteiger partial charge in [-0.1, -0.05) is 34.5 Å². The Bertz CT molecular complexity index is 506. The molecule has 0 spiro atoms. The topological polar surface area (TPSA) is 90.8 Å². The van der Waals surface area contributed by atoms with Crippen LogP contribution >= 0.6 is 15.9 Å². The Morgan fingerprint density at radius 3 is 2.57 bits per heavy atom. The first kappa shape index (κ1) is 17.3. The normalized spacial score (nSPS) is 10.6. The van der Waals surface area contributed by atoms with Crippen LogP contribution in [-0.2, 0) is 9.59 Å². The maximum Gasteiger partial charge on any atom is 0.243 e. The van der Waals surface area contributed by atoms with Crippen molar-refractivity contribution in [2.45, 2.75) is 32.1 Å². The zero-order chi connectivity index (χ0) is 15.5. The van der Waals surface area contributed by atoms with Crippen molar-refractivity contribution in [3.8, 4) is 0 Å². The molecule has 6 nitrogen and oxygen atoms in total. The lowest BCUT2D eigenvalue weighted by Gasteiger charge is -2.01. The van der Waals surface area contributed by atoms with Gasteiger partial charge in [0.05, 0.1) is 6.21 Å². The maximum absolute atomic E-state index is 11.5. The van der Waals surface area contributed by atoms with Gasteiger partial charge in [-0.2, -0.15) is 5.10 Å². The summed E-state index contributed by atoms with van der Waals surface area (Å²) in [6.07, 6.45) is 4.26. The molecule has 2 amide bonds. The lowest BCUT2D eigenvalue weighted by atomic mass is 10.1. The molecule has 0 saturated heterocycles. The first-order valence-electron chi connectivity index (χ1n) is 6.62. The quantitative estimate of drug-likeness (QED) is 0.289. The second-order valence-corrected chi connectivity index (χ2v) is 5.36. The Morgan fingerprint density at radius 2 is 1.90 bits per heavy atom. The van der Waals surface area contributed by atoms with Gasteiger partial charge in [-0.15, -0.1) is 0 Å². The number of rotatable bonds is 8. The van der Waals surface area contributed by atoms with E-state index in [4.69, 9.17) is 5.21 Å². The average molecular weight is 356 g/mol. The number of amides is 2. The highest BCUT2D eigenvalue weighted by molar-refractivity contribution is 9.10. The second-order valence-electron chi connectivity index (χ2n) is 4.44. The molecule has 0 radical (unpaired) electrons. The Hall–Kier alpha value is -1.73. The molecule has 21 heavy (non-hydrogen) atoms. The van der Waals surface area contributed by atoms with Gasteiger partial charge in [-0.05, 0) is 30.5 Å². The molecule has 0 unspecified atom stereocenters. The maximum atomic E-state index is 11.5. The first-order chi connectivity index (χ1) is 10.1. The highest BCUT2D eigenvalue weighted by Crippen LogP contribution is 2.09. The van der Waals surface area contributed by atoms with E-state index in [1.54, 1.807) is 11.7 Å². The van der Waals surface area contributed by atoms with Crippen molar-refractivity contribution in [3.63, 3.8) is 0 Å². The number of halogens is 1. The average Bonchev–Trinajstić information content (AvgIpc) is 2.46. The summed E-state index contributed by atoms with van der Waals surface area (Å²) < 4.78 is 0.949. The van der Waals surface area contributed by atoms with Gasteiger partial charge in [-0.25, -0.2) is 10.9 Å². The third-order valence-corrected chi connectivity index (χ3v) is 3.18. The van der Waals surface area contributed by atoms with Crippen LogP contribution in [0.25, 0.3) is 0 Å². The Balaban J connectivity index is 2.15. The lowest BCUT2D eigenvalue weighted by Crippen LogP contribution is -2.18. The summed E-state index contributed by atoms with van der Waals surface area (Å²) in [5.74, 6) is -0.564. The van der Waals surface area contributed by atoms with Gasteiger partial charge in [0.25, 0.3) is 0 Å². The summed E-state index contributed by atoms with van der Waals surface area (Å²) >= 11 is 3.35. The molecule has 1 aromatic carbocycles. The number of hydrazone groups is 1. The molecule has 1 rings (SSSR count). The van der Waals surface area contributed by atoms with E-state index in [0.717, 1.165) is 16.5 Å². The number of carbonyl (C=O) groups is 2. The zero-order valence-corrected chi connectivity index (χ0v) is 13.1. The van der Waals surface area contributed by atoms with Gasteiger partial charge in [-0.3, -0.25) is 14.8 Å². The van der Waals surface area contributed by atoms with Crippen LogP contribution in [0.3, 0.4) is 0 Å². The molecule has 0 atom stereocenters. The van der Waals surface area contributed by atoms with Crippen molar-refractivity contribution in [3.05, 3.63) is 34.3 Å². The minimum absolute atomic E-state index is 0.159. The summed E-state index contributed by atoms with van der Waals surface area (Å²) in [6.45, 7) is 0. The fraction of sp³-hybridized carbons (Fsp3) is 0.357. The van der Waals surface area contributed by atoms with Crippen molar-refractivity contribution in [1.29, 1.82) is 0 Å². The van der Waals surface area contributed by atoms with Crippen LogP contribution in [0, 0.1) is 0 Å². The Kier molecular flexibility index (Phi) is 8.30. The Morgan fingerprint density at radius 1 is 1.19 bits per heavy atom. The molecule has 7 heteroatoms. The van der Waals surface area contributed by atoms with Crippen LogP contribution in [0.15, 0.2) is 33.8 Å². The summed E-state index contributed by atoms with van der Waals surface area (Å²) in [6, 6.07) is 7.57. The predicted octanol–water partition coefficient (Wildman–Crippen LogP) is 2.36. The van der Waals surface area contributed by atoms with E-state index in [1.807, 2.05) is 24.3 Å². The number of nitrogens with zero attached hydrogens (tertiary/aromatic N) is 1. The SMILES string of the molecule is O=C(CCCCCC(=O)N/N=C/c1cccc(Br)c1)NO. The summed E-state index contributed by atoms with van der Waals surface area (Å²) in [5, 5.41) is 12.2. The molecule has 0 aliphatic rings. The second kappa shape index (κ2) is 10.1. The highest BCUT2D eigenvalue weighted by atomic mass is 79.9. The molecule has 114 valence electrons. The third kappa shape index (κ3) is 8.21. The molecule has 0 bridgehead atoms. The van der Waals surface area contributed by atoms with E-state index < -0.39 is 5.91 Å². The van der Waals surface area contributed by atoms with E-state index in [1.165, 1.54) is 0 Å². The van der Waals surface area contributed by atoms with Gasteiger partial charge >= 0.3 is 0 Å². The molecule has 0 aliphatic carbocycles. The Labute approximate surface area is 131 Å². The molecule has 0 saturated carbocycles. The summed E-state index contributed by atoms with van der Waals surface area (Å²) in [5.41, 5.74) is 4.92. The molecule has 0 aromatic heterocycles. The van der Waals surface area contributed by atoms with Crippen LogP contribution < -0.4 is 10.9 Å². The number of hydroxylamine groups is 1. The lowest BCUT2D eigenvalue weighted by molar-refractivity contribution is -0.129.